The van der Waals surface area contributed by atoms with Gasteiger partial charge in [0.1, 0.15) is 11.6 Å². The van der Waals surface area contributed by atoms with E-state index >= 15 is 0 Å². The number of unbranched alkanes of at least 4 members (excludes halogenated alkanes) is 1. The molecular weight excluding hydrogens is 463 g/mol. The van der Waals surface area contributed by atoms with Gasteiger partial charge in [0.25, 0.3) is 0 Å². The molecule has 0 aromatic carbocycles. The predicted octanol–water partition coefficient (Wildman–Crippen LogP) is 4.33. The first-order valence-electron chi connectivity index (χ1n) is 11.1. The van der Waals surface area contributed by atoms with Crippen molar-refractivity contribution in [3.63, 3.8) is 0 Å². The summed E-state index contributed by atoms with van der Waals surface area (Å²) in [4.78, 5) is 4.38. The highest BCUT2D eigenvalue weighted by Gasteiger charge is 2.14. The van der Waals surface area contributed by atoms with Crippen molar-refractivity contribution in [2.24, 2.45) is 10.9 Å². The monoisotopic (exact) mass is 504 g/mol. The molecule has 1 aromatic rings. The lowest BCUT2D eigenvalue weighted by atomic mass is 9.97. The van der Waals surface area contributed by atoms with E-state index in [1.54, 1.807) is 0 Å². The first-order valence-corrected chi connectivity index (χ1v) is 11.1. The zero-order valence-electron chi connectivity index (χ0n) is 18.2. The van der Waals surface area contributed by atoms with E-state index in [0.717, 1.165) is 56.6 Å². The van der Waals surface area contributed by atoms with Crippen molar-refractivity contribution in [1.29, 1.82) is 0 Å². The maximum atomic E-state index is 4.42. The van der Waals surface area contributed by atoms with Crippen molar-refractivity contribution in [3.8, 4) is 0 Å². The van der Waals surface area contributed by atoms with Gasteiger partial charge >= 0.3 is 0 Å². The molecule has 6 nitrogen and oxygen atoms in total. The van der Waals surface area contributed by atoms with E-state index in [2.05, 4.69) is 44.2 Å². The summed E-state index contributed by atoms with van der Waals surface area (Å²) >= 11 is 0. The van der Waals surface area contributed by atoms with Crippen LogP contribution < -0.4 is 10.6 Å². The summed E-state index contributed by atoms with van der Waals surface area (Å²) in [7, 11) is 1.86. The van der Waals surface area contributed by atoms with Crippen LogP contribution in [-0.4, -0.2) is 40.9 Å². The fraction of sp³-hybridized carbons (Fsp3) is 0.857. The topological polar surface area (TPSA) is 67.1 Å². The van der Waals surface area contributed by atoms with Gasteiger partial charge in [0.15, 0.2) is 5.96 Å². The molecule has 2 heterocycles. The molecule has 162 valence electrons. The van der Waals surface area contributed by atoms with E-state index in [1.165, 1.54) is 57.2 Å². The highest BCUT2D eigenvalue weighted by Crippen LogP contribution is 2.15. The van der Waals surface area contributed by atoms with Gasteiger partial charge in [0.05, 0.1) is 0 Å². The predicted molar refractivity (Wildman–Crippen MR) is 129 cm³/mol. The van der Waals surface area contributed by atoms with Crippen molar-refractivity contribution >= 4 is 29.9 Å². The van der Waals surface area contributed by atoms with E-state index in [0.29, 0.717) is 0 Å². The van der Waals surface area contributed by atoms with Crippen molar-refractivity contribution < 1.29 is 0 Å². The molecule has 7 heteroatoms. The number of hydrogen-bond acceptors (Lipinski definition) is 3. The van der Waals surface area contributed by atoms with Crippen LogP contribution in [0.3, 0.4) is 0 Å². The lowest BCUT2D eigenvalue weighted by Crippen LogP contribution is -2.40. The molecule has 1 unspecified atom stereocenters. The zero-order valence-corrected chi connectivity index (χ0v) is 20.5. The van der Waals surface area contributed by atoms with Gasteiger partial charge < -0.3 is 15.2 Å². The second kappa shape index (κ2) is 15.0. The summed E-state index contributed by atoms with van der Waals surface area (Å²) in [6.45, 7) is 7.56. The molecule has 28 heavy (non-hydrogen) atoms. The van der Waals surface area contributed by atoms with Crippen molar-refractivity contribution in [1.82, 2.24) is 25.4 Å². The number of fused-ring (bicyclic) bond motifs is 1. The Balaban J connectivity index is 0.00000392. The molecule has 0 bridgehead atoms. The average molecular weight is 505 g/mol. The van der Waals surface area contributed by atoms with E-state index in [1.807, 2.05) is 7.05 Å². The Labute approximate surface area is 188 Å². The Kier molecular flexibility index (Phi) is 13.5. The van der Waals surface area contributed by atoms with Gasteiger partial charge in [-0.25, -0.2) is 0 Å². The Bertz CT molecular complexity index is 557. The SMILES string of the molecule is CCCCC(CCC)CNC(=NC)NCCCc1nnc2n1CCCCC2.I. The number of guanidine groups is 1. The molecule has 0 radical (unpaired) electrons. The van der Waals surface area contributed by atoms with E-state index < -0.39 is 0 Å². The van der Waals surface area contributed by atoms with Gasteiger partial charge in [-0.2, -0.15) is 0 Å². The Hall–Kier alpha value is -0.860. The second-order valence-corrected chi connectivity index (χ2v) is 7.78. The van der Waals surface area contributed by atoms with Gasteiger partial charge in [-0.05, 0) is 38.0 Å². The quantitative estimate of drug-likeness (QED) is 0.204. The van der Waals surface area contributed by atoms with Crippen molar-refractivity contribution in [2.75, 3.05) is 20.1 Å². The van der Waals surface area contributed by atoms with Crippen LogP contribution in [0.25, 0.3) is 0 Å². The van der Waals surface area contributed by atoms with Gasteiger partial charge in [-0.15, -0.1) is 34.2 Å². The summed E-state index contributed by atoms with van der Waals surface area (Å²) in [5.41, 5.74) is 0. The number of aliphatic imine (C=N–C) groups is 1. The summed E-state index contributed by atoms with van der Waals surface area (Å²) in [5.74, 6) is 4.01. The number of nitrogens with one attached hydrogen (secondary N) is 2. The van der Waals surface area contributed by atoms with Gasteiger partial charge in [0, 0.05) is 39.5 Å². The maximum absolute atomic E-state index is 4.42. The largest absolute Gasteiger partial charge is 0.356 e. The minimum Gasteiger partial charge on any atom is -0.356 e. The summed E-state index contributed by atoms with van der Waals surface area (Å²) < 4.78 is 2.35. The fourth-order valence-corrected chi connectivity index (χ4v) is 3.89. The molecule has 2 rings (SSSR count). The molecule has 0 amide bonds. The molecular formula is C21H41IN6. The van der Waals surface area contributed by atoms with E-state index in [4.69, 9.17) is 0 Å². The Morgan fingerprint density at radius 2 is 1.93 bits per heavy atom. The second-order valence-electron chi connectivity index (χ2n) is 7.78. The van der Waals surface area contributed by atoms with Crippen LogP contribution in [0.1, 0.15) is 83.3 Å². The Morgan fingerprint density at radius 1 is 1.07 bits per heavy atom. The van der Waals surface area contributed by atoms with Crippen molar-refractivity contribution in [3.05, 3.63) is 11.6 Å². The molecule has 0 spiro atoms. The first-order chi connectivity index (χ1) is 13.3. The molecule has 0 fully saturated rings. The number of hydrogen-bond donors (Lipinski definition) is 2. The summed E-state index contributed by atoms with van der Waals surface area (Å²) in [6, 6.07) is 0. The molecule has 1 aliphatic heterocycles. The maximum Gasteiger partial charge on any atom is 0.190 e. The number of rotatable bonds is 11. The third-order valence-corrected chi connectivity index (χ3v) is 5.50. The van der Waals surface area contributed by atoms with Crippen LogP contribution in [0.2, 0.25) is 0 Å². The zero-order chi connectivity index (χ0) is 19.3. The van der Waals surface area contributed by atoms with E-state index in [-0.39, 0.29) is 24.0 Å². The lowest BCUT2D eigenvalue weighted by molar-refractivity contribution is 0.423. The Morgan fingerprint density at radius 3 is 2.68 bits per heavy atom. The van der Waals surface area contributed by atoms with Crippen LogP contribution in [0.4, 0.5) is 0 Å². The number of nitrogens with zero attached hydrogens (tertiary/aromatic N) is 4. The van der Waals surface area contributed by atoms with Crippen LogP contribution in [0.5, 0.6) is 0 Å². The third-order valence-electron chi connectivity index (χ3n) is 5.50. The molecule has 1 aromatic heterocycles. The molecule has 0 aliphatic carbocycles. The molecule has 0 saturated carbocycles. The van der Waals surface area contributed by atoms with Crippen molar-refractivity contribution in [2.45, 2.75) is 91.0 Å². The number of aromatic nitrogens is 3. The first kappa shape index (κ1) is 25.2. The van der Waals surface area contributed by atoms with Crippen LogP contribution >= 0.6 is 24.0 Å². The van der Waals surface area contributed by atoms with Crippen LogP contribution in [-0.2, 0) is 19.4 Å². The van der Waals surface area contributed by atoms with Gasteiger partial charge in [-0.3, -0.25) is 4.99 Å². The average Bonchev–Trinajstić information content (AvgIpc) is 2.91. The summed E-state index contributed by atoms with van der Waals surface area (Å²) in [5, 5.41) is 15.8. The standard InChI is InChI=1S/C21H40N6.HI/c1-4-6-12-18(11-5-2)17-24-21(22-3)23-15-10-14-20-26-25-19-13-8-7-9-16-27(19)20;/h18H,4-17H2,1-3H3,(H2,22,23,24);1H. The summed E-state index contributed by atoms with van der Waals surface area (Å²) in [6.07, 6.45) is 13.4. The number of halogens is 1. The van der Waals surface area contributed by atoms with Crippen LogP contribution in [0, 0.1) is 5.92 Å². The van der Waals surface area contributed by atoms with Gasteiger partial charge in [0.2, 0.25) is 0 Å². The normalized spacial score (nSPS) is 15.3. The fourth-order valence-electron chi connectivity index (χ4n) is 3.89. The third kappa shape index (κ3) is 8.66. The van der Waals surface area contributed by atoms with Gasteiger partial charge in [-0.1, -0.05) is 39.5 Å². The lowest BCUT2D eigenvalue weighted by Gasteiger charge is -2.19. The molecule has 1 atom stereocenters. The van der Waals surface area contributed by atoms with E-state index in [9.17, 15) is 0 Å². The minimum atomic E-state index is 0. The minimum absolute atomic E-state index is 0. The molecule has 1 aliphatic rings. The van der Waals surface area contributed by atoms with Crippen LogP contribution in [0.15, 0.2) is 4.99 Å². The molecule has 0 saturated heterocycles. The highest BCUT2D eigenvalue weighted by molar-refractivity contribution is 14.0. The number of aryl methyl sites for hydroxylation is 2. The molecule has 2 N–H and O–H groups in total. The smallest absolute Gasteiger partial charge is 0.190 e. The highest BCUT2D eigenvalue weighted by atomic mass is 127.